The molecule has 6 nitrogen and oxygen atoms in total. The second kappa shape index (κ2) is 4.89. The van der Waals surface area contributed by atoms with Crippen LogP contribution in [0.1, 0.15) is 26.3 Å². The maximum Gasteiger partial charge on any atom is 0.414 e. The molecule has 2 N–H and O–H groups in total. The minimum Gasteiger partial charge on any atom is -0.444 e. The van der Waals surface area contributed by atoms with Crippen LogP contribution in [0.2, 0.25) is 0 Å². The summed E-state index contributed by atoms with van der Waals surface area (Å²) in [6.45, 7) is 5.17. The number of aromatic nitrogens is 2. The Bertz CT molecular complexity index is 357. The lowest BCUT2D eigenvalue weighted by atomic mass is 10.2. The SMILES string of the molecule is CC(C)(C)OC(=O)Nc1ncc(CO)cn1. The summed E-state index contributed by atoms with van der Waals surface area (Å²) in [5.74, 6) is 0.145. The van der Waals surface area contributed by atoms with E-state index in [1.807, 2.05) is 0 Å². The average Bonchev–Trinajstić information content (AvgIpc) is 2.16. The van der Waals surface area contributed by atoms with Crippen molar-refractivity contribution in [3.05, 3.63) is 18.0 Å². The Morgan fingerprint density at radius 2 is 2.00 bits per heavy atom. The summed E-state index contributed by atoms with van der Waals surface area (Å²) in [6, 6.07) is 0. The van der Waals surface area contributed by atoms with Crippen LogP contribution >= 0.6 is 0 Å². The number of carbonyl (C=O) groups is 1. The number of anilines is 1. The number of amides is 1. The van der Waals surface area contributed by atoms with E-state index in [1.165, 1.54) is 12.4 Å². The van der Waals surface area contributed by atoms with Crippen molar-refractivity contribution in [2.24, 2.45) is 0 Å². The van der Waals surface area contributed by atoms with Gasteiger partial charge in [-0.2, -0.15) is 0 Å². The standard InChI is InChI=1S/C10H15N3O3/c1-10(2,3)16-9(15)13-8-11-4-7(6-14)5-12-8/h4-5,14H,6H2,1-3H3,(H,11,12,13,15). The van der Waals surface area contributed by atoms with E-state index >= 15 is 0 Å². The molecule has 1 heterocycles. The van der Waals surface area contributed by atoms with Crippen molar-refractivity contribution in [3.63, 3.8) is 0 Å². The molecule has 0 fully saturated rings. The molecule has 0 spiro atoms. The molecule has 0 aliphatic rings. The summed E-state index contributed by atoms with van der Waals surface area (Å²) in [5, 5.41) is 11.2. The van der Waals surface area contributed by atoms with E-state index in [0.29, 0.717) is 5.56 Å². The van der Waals surface area contributed by atoms with Gasteiger partial charge in [-0.25, -0.2) is 14.8 Å². The zero-order valence-corrected chi connectivity index (χ0v) is 9.52. The second-order valence-corrected chi connectivity index (χ2v) is 4.20. The number of nitrogens with one attached hydrogen (secondary N) is 1. The molecule has 0 atom stereocenters. The Morgan fingerprint density at radius 1 is 1.44 bits per heavy atom. The van der Waals surface area contributed by atoms with Crippen LogP contribution in [-0.4, -0.2) is 26.8 Å². The molecule has 88 valence electrons. The van der Waals surface area contributed by atoms with Crippen LogP contribution in [0.3, 0.4) is 0 Å². The number of hydrogen-bond donors (Lipinski definition) is 2. The topological polar surface area (TPSA) is 84.3 Å². The molecule has 0 radical (unpaired) electrons. The van der Waals surface area contributed by atoms with Crippen molar-refractivity contribution < 1.29 is 14.6 Å². The largest absolute Gasteiger partial charge is 0.444 e. The summed E-state index contributed by atoms with van der Waals surface area (Å²) in [4.78, 5) is 19.0. The molecule has 6 heteroatoms. The second-order valence-electron chi connectivity index (χ2n) is 4.20. The van der Waals surface area contributed by atoms with Crippen LogP contribution < -0.4 is 5.32 Å². The van der Waals surface area contributed by atoms with Gasteiger partial charge in [0, 0.05) is 18.0 Å². The molecule has 0 aliphatic carbocycles. The number of nitrogens with zero attached hydrogens (tertiary/aromatic N) is 2. The van der Waals surface area contributed by atoms with E-state index in [2.05, 4.69) is 15.3 Å². The molecule has 1 amide bonds. The van der Waals surface area contributed by atoms with Crippen molar-refractivity contribution in [3.8, 4) is 0 Å². The number of ether oxygens (including phenoxy) is 1. The number of carbonyl (C=O) groups excluding carboxylic acids is 1. The smallest absolute Gasteiger partial charge is 0.414 e. The molecule has 0 aliphatic heterocycles. The lowest BCUT2D eigenvalue weighted by Gasteiger charge is -2.19. The molecule has 0 unspecified atom stereocenters. The highest BCUT2D eigenvalue weighted by molar-refractivity contribution is 5.82. The lowest BCUT2D eigenvalue weighted by molar-refractivity contribution is 0.0634. The molecule has 0 saturated heterocycles. The summed E-state index contributed by atoms with van der Waals surface area (Å²) < 4.78 is 5.02. The number of aliphatic hydroxyl groups excluding tert-OH is 1. The van der Waals surface area contributed by atoms with Gasteiger partial charge in [0.15, 0.2) is 0 Å². The fraction of sp³-hybridized carbons (Fsp3) is 0.500. The van der Waals surface area contributed by atoms with E-state index in [0.717, 1.165) is 0 Å². The predicted molar refractivity (Wildman–Crippen MR) is 57.8 cm³/mol. The minimum atomic E-state index is -0.607. The summed E-state index contributed by atoms with van der Waals surface area (Å²) in [5.41, 5.74) is 0.0181. The van der Waals surface area contributed by atoms with Gasteiger partial charge in [0.2, 0.25) is 5.95 Å². The maximum absolute atomic E-state index is 11.3. The van der Waals surface area contributed by atoms with E-state index in [-0.39, 0.29) is 12.6 Å². The molecule has 1 aromatic heterocycles. The molecule has 0 aromatic carbocycles. The van der Waals surface area contributed by atoms with E-state index < -0.39 is 11.7 Å². The van der Waals surface area contributed by atoms with Gasteiger partial charge in [-0.05, 0) is 20.8 Å². The van der Waals surface area contributed by atoms with Gasteiger partial charge >= 0.3 is 6.09 Å². The zero-order chi connectivity index (χ0) is 12.2. The van der Waals surface area contributed by atoms with E-state index in [1.54, 1.807) is 20.8 Å². The monoisotopic (exact) mass is 225 g/mol. The number of hydrogen-bond acceptors (Lipinski definition) is 5. The number of aliphatic hydroxyl groups is 1. The summed E-state index contributed by atoms with van der Waals surface area (Å²) in [6.07, 6.45) is 2.25. The zero-order valence-electron chi connectivity index (χ0n) is 9.52. The van der Waals surface area contributed by atoms with E-state index in [4.69, 9.17) is 9.84 Å². The summed E-state index contributed by atoms with van der Waals surface area (Å²) >= 11 is 0. The molecule has 16 heavy (non-hydrogen) atoms. The molecule has 0 saturated carbocycles. The van der Waals surface area contributed by atoms with Crippen molar-refractivity contribution in [1.29, 1.82) is 0 Å². The highest BCUT2D eigenvalue weighted by Gasteiger charge is 2.16. The summed E-state index contributed by atoms with van der Waals surface area (Å²) in [7, 11) is 0. The fourth-order valence-corrected chi connectivity index (χ4v) is 0.896. The molecular formula is C10H15N3O3. The number of rotatable bonds is 2. The third kappa shape index (κ3) is 4.22. The highest BCUT2D eigenvalue weighted by Crippen LogP contribution is 2.08. The van der Waals surface area contributed by atoms with Crippen molar-refractivity contribution in [2.75, 3.05) is 5.32 Å². The predicted octanol–water partition coefficient (Wildman–Crippen LogP) is 1.32. The van der Waals surface area contributed by atoms with Gasteiger partial charge in [-0.15, -0.1) is 0 Å². The van der Waals surface area contributed by atoms with Crippen LogP contribution in [0.25, 0.3) is 0 Å². The lowest BCUT2D eigenvalue weighted by Crippen LogP contribution is -2.27. The van der Waals surface area contributed by atoms with Gasteiger partial charge in [0.1, 0.15) is 5.60 Å². The fourth-order valence-electron chi connectivity index (χ4n) is 0.896. The first kappa shape index (κ1) is 12.4. The van der Waals surface area contributed by atoms with Gasteiger partial charge in [0.05, 0.1) is 6.61 Å². The van der Waals surface area contributed by atoms with Crippen LogP contribution in [0, 0.1) is 0 Å². The van der Waals surface area contributed by atoms with Crippen molar-refractivity contribution in [2.45, 2.75) is 33.0 Å². The van der Waals surface area contributed by atoms with E-state index in [9.17, 15) is 4.79 Å². The quantitative estimate of drug-likeness (QED) is 0.792. The van der Waals surface area contributed by atoms with Gasteiger partial charge in [-0.3, -0.25) is 5.32 Å². The molecule has 1 rings (SSSR count). The van der Waals surface area contributed by atoms with Crippen molar-refractivity contribution >= 4 is 12.0 Å². The van der Waals surface area contributed by atoms with Crippen LogP contribution in [0.4, 0.5) is 10.7 Å². The first-order valence-corrected chi connectivity index (χ1v) is 4.82. The molecular weight excluding hydrogens is 210 g/mol. The Labute approximate surface area is 93.7 Å². The Kier molecular flexibility index (Phi) is 3.78. The highest BCUT2D eigenvalue weighted by atomic mass is 16.6. The Balaban J connectivity index is 2.56. The van der Waals surface area contributed by atoms with Gasteiger partial charge < -0.3 is 9.84 Å². The van der Waals surface area contributed by atoms with Crippen LogP contribution in [-0.2, 0) is 11.3 Å². The van der Waals surface area contributed by atoms with Crippen LogP contribution in [0.15, 0.2) is 12.4 Å². The maximum atomic E-state index is 11.3. The van der Waals surface area contributed by atoms with Gasteiger partial charge in [0.25, 0.3) is 0 Å². The minimum absolute atomic E-state index is 0.132. The third-order valence-electron chi connectivity index (χ3n) is 1.50. The Hall–Kier alpha value is -1.69. The molecule has 0 bridgehead atoms. The van der Waals surface area contributed by atoms with Gasteiger partial charge in [-0.1, -0.05) is 0 Å². The van der Waals surface area contributed by atoms with Crippen molar-refractivity contribution in [1.82, 2.24) is 9.97 Å². The normalized spacial score (nSPS) is 11.0. The Morgan fingerprint density at radius 3 is 2.44 bits per heavy atom. The molecule has 1 aromatic rings. The first-order valence-electron chi connectivity index (χ1n) is 4.82. The van der Waals surface area contributed by atoms with Crippen LogP contribution in [0.5, 0.6) is 0 Å². The average molecular weight is 225 g/mol. The first-order chi connectivity index (χ1) is 7.40. The third-order valence-corrected chi connectivity index (χ3v) is 1.50.